The lowest BCUT2D eigenvalue weighted by Gasteiger charge is -2.07. The summed E-state index contributed by atoms with van der Waals surface area (Å²) in [5.74, 6) is 0.0991. The van der Waals surface area contributed by atoms with Gasteiger partial charge in [-0.25, -0.2) is 4.68 Å². The van der Waals surface area contributed by atoms with E-state index in [1.54, 1.807) is 18.3 Å². The van der Waals surface area contributed by atoms with Gasteiger partial charge < -0.3 is 10.1 Å². The summed E-state index contributed by atoms with van der Waals surface area (Å²) in [5, 5.41) is 26.6. The zero-order chi connectivity index (χ0) is 20.1. The van der Waals surface area contributed by atoms with Crippen LogP contribution in [0.1, 0.15) is 16.1 Å². The molecule has 0 aliphatic carbocycles. The molecule has 3 aromatic rings. The third-order valence-electron chi connectivity index (χ3n) is 3.63. The minimum Gasteiger partial charge on any atom is -0.471 e. The summed E-state index contributed by atoms with van der Waals surface area (Å²) < 4.78 is 7.95. The number of nitro groups is 1. The molecule has 0 radical (unpaired) electrons. The molecule has 0 atom stereocenters. The van der Waals surface area contributed by atoms with Crippen LogP contribution in [0.3, 0.4) is 0 Å². The molecule has 10 heteroatoms. The molecule has 0 aliphatic heterocycles. The average molecular weight is 442 g/mol. The highest BCUT2D eigenvalue weighted by Crippen LogP contribution is 2.22. The predicted molar refractivity (Wildman–Crippen MR) is 103 cm³/mol. The molecule has 0 saturated carbocycles. The highest BCUT2D eigenvalue weighted by Gasteiger charge is 2.15. The minimum atomic E-state index is -0.612. The van der Waals surface area contributed by atoms with Crippen LogP contribution in [0.15, 0.2) is 59.2 Å². The van der Waals surface area contributed by atoms with E-state index in [4.69, 9.17) is 10.00 Å². The molecule has 1 N–H and O–H groups in total. The smallest absolute Gasteiger partial charge is 0.276 e. The third-order valence-corrected chi connectivity index (χ3v) is 4.16. The lowest BCUT2D eigenvalue weighted by molar-refractivity contribution is -0.384. The molecule has 1 aromatic heterocycles. The second-order valence-electron chi connectivity index (χ2n) is 5.52. The number of hydrogen-bond acceptors (Lipinski definition) is 6. The number of rotatable bonds is 6. The Morgan fingerprint density at radius 2 is 2.04 bits per heavy atom. The molecule has 1 heterocycles. The standard InChI is InChI=1S/C18H12BrN5O4/c19-13-1-4-15(5-2-13)28-11-23-8-7-17(22-23)18(25)21-16-6-3-14(24(26)27)9-12(16)10-20/h1-9H,11H2,(H,21,25). The molecule has 0 saturated heterocycles. The van der Waals surface area contributed by atoms with Crippen molar-refractivity contribution in [2.45, 2.75) is 6.73 Å². The third kappa shape index (κ3) is 4.52. The molecule has 0 aliphatic rings. The molecule has 9 nitrogen and oxygen atoms in total. The van der Waals surface area contributed by atoms with Crippen molar-refractivity contribution in [3.63, 3.8) is 0 Å². The first-order chi connectivity index (χ1) is 13.5. The van der Waals surface area contributed by atoms with Gasteiger partial charge in [-0.2, -0.15) is 10.4 Å². The highest BCUT2D eigenvalue weighted by atomic mass is 79.9. The molecular formula is C18H12BrN5O4. The van der Waals surface area contributed by atoms with Crippen LogP contribution in [0.25, 0.3) is 0 Å². The minimum absolute atomic E-state index is 0.0134. The average Bonchev–Trinajstić information content (AvgIpc) is 3.17. The Hall–Kier alpha value is -3.71. The molecule has 140 valence electrons. The zero-order valence-corrected chi connectivity index (χ0v) is 15.8. The number of hydrogen-bond donors (Lipinski definition) is 1. The van der Waals surface area contributed by atoms with Gasteiger partial charge in [0.2, 0.25) is 0 Å². The second-order valence-corrected chi connectivity index (χ2v) is 6.44. The van der Waals surface area contributed by atoms with Crippen molar-refractivity contribution in [2.75, 3.05) is 5.32 Å². The quantitative estimate of drug-likeness (QED) is 0.459. The Morgan fingerprint density at radius 3 is 2.71 bits per heavy atom. The predicted octanol–water partition coefficient (Wildman–Crippen LogP) is 3.71. The summed E-state index contributed by atoms with van der Waals surface area (Å²) in [6.45, 7) is 0.107. The van der Waals surface area contributed by atoms with Crippen molar-refractivity contribution in [3.05, 3.63) is 80.6 Å². The fraction of sp³-hybridized carbons (Fsp3) is 0.0556. The van der Waals surface area contributed by atoms with E-state index in [9.17, 15) is 14.9 Å². The van der Waals surface area contributed by atoms with Gasteiger partial charge in [-0.05, 0) is 36.4 Å². The highest BCUT2D eigenvalue weighted by molar-refractivity contribution is 9.10. The monoisotopic (exact) mass is 441 g/mol. The fourth-order valence-corrected chi connectivity index (χ4v) is 2.52. The van der Waals surface area contributed by atoms with Gasteiger partial charge in [-0.15, -0.1) is 0 Å². The first-order valence-electron chi connectivity index (χ1n) is 7.88. The number of benzene rings is 2. The van der Waals surface area contributed by atoms with E-state index in [0.29, 0.717) is 5.75 Å². The summed E-state index contributed by atoms with van der Waals surface area (Å²) >= 11 is 3.34. The normalized spacial score (nSPS) is 10.1. The number of carbonyl (C=O) groups excluding carboxylic acids is 1. The molecule has 0 fully saturated rings. The summed E-state index contributed by atoms with van der Waals surface area (Å²) in [4.78, 5) is 22.5. The number of nitrogens with zero attached hydrogens (tertiary/aromatic N) is 4. The Labute approximate surface area is 167 Å². The molecule has 0 unspecified atom stereocenters. The van der Waals surface area contributed by atoms with Gasteiger partial charge in [0.1, 0.15) is 11.8 Å². The molecular weight excluding hydrogens is 430 g/mol. The largest absolute Gasteiger partial charge is 0.471 e. The van der Waals surface area contributed by atoms with Crippen LogP contribution >= 0.6 is 15.9 Å². The Morgan fingerprint density at radius 1 is 1.29 bits per heavy atom. The van der Waals surface area contributed by atoms with Gasteiger partial charge in [0.15, 0.2) is 12.4 Å². The van der Waals surface area contributed by atoms with E-state index in [2.05, 4.69) is 26.3 Å². The number of ether oxygens (including phenoxy) is 1. The van der Waals surface area contributed by atoms with Crippen LogP contribution in [0.2, 0.25) is 0 Å². The topological polar surface area (TPSA) is 123 Å². The molecule has 3 rings (SSSR count). The maximum absolute atomic E-state index is 12.3. The van der Waals surface area contributed by atoms with Crippen molar-refractivity contribution in [1.82, 2.24) is 9.78 Å². The van der Waals surface area contributed by atoms with Crippen molar-refractivity contribution < 1.29 is 14.5 Å². The Kier molecular flexibility index (Phi) is 5.67. The summed E-state index contributed by atoms with van der Waals surface area (Å²) in [6, 6.07) is 14.2. The van der Waals surface area contributed by atoms with Gasteiger partial charge >= 0.3 is 0 Å². The number of nitro benzene ring substituents is 1. The van der Waals surface area contributed by atoms with Crippen molar-refractivity contribution in [2.24, 2.45) is 0 Å². The molecule has 1 amide bonds. The van der Waals surface area contributed by atoms with Gasteiger partial charge in [0, 0.05) is 22.8 Å². The first kappa shape index (κ1) is 19.1. The molecule has 0 bridgehead atoms. The van der Waals surface area contributed by atoms with E-state index in [1.165, 1.54) is 22.9 Å². The van der Waals surface area contributed by atoms with Crippen LogP contribution in [0.4, 0.5) is 11.4 Å². The van der Waals surface area contributed by atoms with Crippen LogP contribution in [-0.4, -0.2) is 20.6 Å². The maximum atomic E-state index is 12.3. The number of aromatic nitrogens is 2. The second kappa shape index (κ2) is 8.32. The summed E-state index contributed by atoms with van der Waals surface area (Å²) in [6.07, 6.45) is 1.58. The number of non-ortho nitro benzene ring substituents is 1. The Bertz CT molecular complexity index is 1070. The van der Waals surface area contributed by atoms with E-state index in [1.807, 2.05) is 18.2 Å². The van der Waals surface area contributed by atoms with Crippen LogP contribution in [0.5, 0.6) is 5.75 Å². The summed E-state index contributed by atoms with van der Waals surface area (Å²) in [7, 11) is 0. The zero-order valence-electron chi connectivity index (χ0n) is 14.2. The van der Waals surface area contributed by atoms with Gasteiger partial charge in [0.25, 0.3) is 11.6 Å². The number of carbonyl (C=O) groups is 1. The lowest BCUT2D eigenvalue weighted by atomic mass is 10.1. The fourth-order valence-electron chi connectivity index (χ4n) is 2.26. The van der Waals surface area contributed by atoms with Crippen molar-refractivity contribution >= 4 is 33.2 Å². The van der Waals surface area contributed by atoms with E-state index >= 15 is 0 Å². The van der Waals surface area contributed by atoms with Crippen LogP contribution < -0.4 is 10.1 Å². The van der Waals surface area contributed by atoms with E-state index in [-0.39, 0.29) is 29.4 Å². The number of halogens is 1. The molecule has 28 heavy (non-hydrogen) atoms. The number of nitrogens with one attached hydrogen (secondary N) is 1. The number of anilines is 1. The van der Waals surface area contributed by atoms with E-state index in [0.717, 1.165) is 10.5 Å². The lowest BCUT2D eigenvalue weighted by Crippen LogP contribution is -2.15. The van der Waals surface area contributed by atoms with Gasteiger partial charge in [0.05, 0.1) is 16.2 Å². The van der Waals surface area contributed by atoms with Gasteiger partial charge in [-0.3, -0.25) is 14.9 Å². The van der Waals surface area contributed by atoms with Crippen molar-refractivity contribution in [1.29, 1.82) is 5.26 Å². The van der Waals surface area contributed by atoms with Crippen LogP contribution in [0, 0.1) is 21.4 Å². The van der Waals surface area contributed by atoms with Crippen LogP contribution in [-0.2, 0) is 6.73 Å². The SMILES string of the molecule is N#Cc1cc([N+](=O)[O-])ccc1NC(=O)c1ccn(COc2ccc(Br)cc2)n1. The summed E-state index contributed by atoms with van der Waals surface area (Å²) in [5.41, 5.74) is 0.0323. The maximum Gasteiger partial charge on any atom is 0.276 e. The molecule has 2 aromatic carbocycles. The van der Waals surface area contributed by atoms with Gasteiger partial charge in [-0.1, -0.05) is 15.9 Å². The number of nitriles is 1. The van der Waals surface area contributed by atoms with E-state index < -0.39 is 10.8 Å². The number of amides is 1. The molecule has 0 spiro atoms. The first-order valence-corrected chi connectivity index (χ1v) is 8.67. The van der Waals surface area contributed by atoms with Crippen molar-refractivity contribution in [3.8, 4) is 11.8 Å². The Balaban J connectivity index is 1.66.